The van der Waals surface area contributed by atoms with Gasteiger partial charge in [-0.3, -0.25) is 4.90 Å². The highest BCUT2D eigenvalue weighted by molar-refractivity contribution is 5.82. The zero-order valence-electron chi connectivity index (χ0n) is 14.6. The van der Waals surface area contributed by atoms with E-state index in [2.05, 4.69) is 24.1 Å². The summed E-state index contributed by atoms with van der Waals surface area (Å²) < 4.78 is 5.50. The van der Waals surface area contributed by atoms with Gasteiger partial charge in [0.15, 0.2) is 0 Å². The van der Waals surface area contributed by atoms with Crippen LogP contribution < -0.4 is 5.63 Å². The topological polar surface area (TPSA) is 33.5 Å². The largest absolute Gasteiger partial charge is 0.423 e. The number of benzene rings is 1. The van der Waals surface area contributed by atoms with Crippen LogP contribution >= 0.6 is 0 Å². The maximum Gasteiger partial charge on any atom is 0.336 e. The van der Waals surface area contributed by atoms with Gasteiger partial charge in [-0.2, -0.15) is 0 Å². The molecule has 1 aromatic heterocycles. The Hall–Kier alpha value is -1.61. The van der Waals surface area contributed by atoms with Crippen LogP contribution in [0.2, 0.25) is 0 Å². The molecule has 0 N–H and O–H groups in total. The highest BCUT2D eigenvalue weighted by atomic mass is 16.4. The molecule has 0 amide bonds. The second-order valence-corrected chi connectivity index (χ2v) is 7.62. The molecule has 1 fully saturated rings. The van der Waals surface area contributed by atoms with E-state index in [1.54, 1.807) is 6.07 Å². The number of nitrogens with zero attached hydrogens (tertiary/aromatic N) is 1. The number of aryl methyl sites for hydroxylation is 2. The average Bonchev–Trinajstić information content (AvgIpc) is 2.84. The van der Waals surface area contributed by atoms with Crippen LogP contribution in [0.5, 0.6) is 0 Å². The van der Waals surface area contributed by atoms with E-state index in [-0.39, 0.29) is 5.63 Å². The van der Waals surface area contributed by atoms with Crippen molar-refractivity contribution in [1.29, 1.82) is 0 Å². The van der Waals surface area contributed by atoms with Gasteiger partial charge in [0.2, 0.25) is 0 Å². The van der Waals surface area contributed by atoms with Crippen LogP contribution in [0.1, 0.15) is 61.6 Å². The van der Waals surface area contributed by atoms with E-state index < -0.39 is 0 Å². The van der Waals surface area contributed by atoms with Crippen molar-refractivity contribution in [2.45, 2.75) is 70.4 Å². The van der Waals surface area contributed by atoms with Crippen molar-refractivity contribution in [3.63, 3.8) is 0 Å². The third kappa shape index (κ3) is 3.14. The maximum absolute atomic E-state index is 12.0. The van der Waals surface area contributed by atoms with Gasteiger partial charge < -0.3 is 4.42 Å². The van der Waals surface area contributed by atoms with Gasteiger partial charge in [-0.15, -0.1) is 0 Å². The van der Waals surface area contributed by atoms with Crippen molar-refractivity contribution in [2.24, 2.45) is 0 Å². The molecule has 1 aromatic carbocycles. The Morgan fingerprint density at radius 3 is 2.46 bits per heavy atom. The molecule has 1 heterocycles. The molecule has 0 bridgehead atoms. The van der Waals surface area contributed by atoms with E-state index in [0.717, 1.165) is 35.9 Å². The van der Waals surface area contributed by atoms with Crippen molar-refractivity contribution in [3.8, 4) is 0 Å². The Bertz CT molecular complexity index is 784. The van der Waals surface area contributed by atoms with Gasteiger partial charge in [-0.05, 0) is 68.0 Å². The Labute approximate surface area is 143 Å². The molecule has 0 spiro atoms. The molecule has 0 aliphatic heterocycles. The fourth-order valence-corrected chi connectivity index (χ4v) is 4.52. The highest BCUT2D eigenvalue weighted by Crippen LogP contribution is 2.30. The summed E-state index contributed by atoms with van der Waals surface area (Å²) in [5, 5.41) is 1.13. The summed E-state index contributed by atoms with van der Waals surface area (Å²) in [7, 11) is 2.21. The molecule has 3 heteroatoms. The predicted molar refractivity (Wildman–Crippen MR) is 97.5 cm³/mol. The summed E-state index contributed by atoms with van der Waals surface area (Å²) in [5.41, 5.74) is 4.48. The van der Waals surface area contributed by atoms with Crippen molar-refractivity contribution >= 4 is 11.0 Å². The lowest BCUT2D eigenvalue weighted by Gasteiger charge is -2.27. The van der Waals surface area contributed by atoms with Gasteiger partial charge in [0.05, 0.1) is 0 Å². The molecule has 0 radical (unpaired) electrons. The lowest BCUT2D eigenvalue weighted by molar-refractivity contribution is 0.213. The zero-order valence-corrected chi connectivity index (χ0v) is 14.6. The minimum absolute atomic E-state index is 0.218. The van der Waals surface area contributed by atoms with Crippen LogP contribution in [0.25, 0.3) is 11.0 Å². The predicted octanol–water partition coefficient (Wildman–Crippen LogP) is 4.44. The van der Waals surface area contributed by atoms with Crippen molar-refractivity contribution in [1.82, 2.24) is 4.90 Å². The summed E-state index contributed by atoms with van der Waals surface area (Å²) in [4.78, 5) is 14.5. The second kappa shape index (κ2) is 6.72. The number of fused-ring (bicyclic) bond motifs is 2. The Kier molecular flexibility index (Phi) is 4.45. The molecule has 2 aliphatic rings. The van der Waals surface area contributed by atoms with Gasteiger partial charge >= 0.3 is 5.63 Å². The van der Waals surface area contributed by atoms with Gasteiger partial charge in [-0.1, -0.05) is 25.7 Å². The van der Waals surface area contributed by atoms with Gasteiger partial charge in [0, 0.05) is 24.0 Å². The number of rotatable bonds is 3. The smallest absolute Gasteiger partial charge is 0.336 e. The summed E-state index contributed by atoms with van der Waals surface area (Å²) in [6.45, 7) is 0.839. The SMILES string of the molecule is CN(Cc1cc(=O)oc2cc3c(cc12)CCC3)C1CCCCCC1. The summed E-state index contributed by atoms with van der Waals surface area (Å²) in [5.74, 6) is 0. The van der Waals surface area contributed by atoms with Crippen molar-refractivity contribution < 1.29 is 4.42 Å². The quantitative estimate of drug-likeness (QED) is 0.618. The lowest BCUT2D eigenvalue weighted by Crippen LogP contribution is -2.31. The van der Waals surface area contributed by atoms with E-state index in [1.165, 1.54) is 56.1 Å². The molecular formula is C21H27NO2. The van der Waals surface area contributed by atoms with Gasteiger partial charge in [-0.25, -0.2) is 4.79 Å². The third-order valence-electron chi connectivity index (χ3n) is 5.91. The second-order valence-electron chi connectivity index (χ2n) is 7.62. The van der Waals surface area contributed by atoms with E-state index in [0.29, 0.717) is 6.04 Å². The van der Waals surface area contributed by atoms with E-state index in [4.69, 9.17) is 4.42 Å². The van der Waals surface area contributed by atoms with Crippen molar-refractivity contribution in [2.75, 3.05) is 7.05 Å². The molecule has 24 heavy (non-hydrogen) atoms. The van der Waals surface area contributed by atoms with Gasteiger partial charge in [0.25, 0.3) is 0 Å². The fourth-order valence-electron chi connectivity index (χ4n) is 4.52. The average molecular weight is 325 g/mol. The van der Waals surface area contributed by atoms with Crippen LogP contribution in [0.3, 0.4) is 0 Å². The Morgan fingerprint density at radius 1 is 1.00 bits per heavy atom. The third-order valence-corrected chi connectivity index (χ3v) is 5.91. The van der Waals surface area contributed by atoms with Gasteiger partial charge in [0.1, 0.15) is 5.58 Å². The molecule has 2 aliphatic carbocycles. The van der Waals surface area contributed by atoms with Crippen molar-refractivity contribution in [3.05, 3.63) is 45.3 Å². The lowest BCUT2D eigenvalue weighted by atomic mass is 10.0. The molecule has 2 aromatic rings. The molecule has 0 unspecified atom stereocenters. The van der Waals surface area contributed by atoms with E-state index in [1.807, 2.05) is 0 Å². The first-order valence-corrected chi connectivity index (χ1v) is 9.49. The molecule has 3 nitrogen and oxygen atoms in total. The first kappa shape index (κ1) is 15.9. The Morgan fingerprint density at radius 2 is 1.71 bits per heavy atom. The minimum Gasteiger partial charge on any atom is -0.423 e. The summed E-state index contributed by atoms with van der Waals surface area (Å²) in [6.07, 6.45) is 11.5. The molecule has 1 saturated carbocycles. The summed E-state index contributed by atoms with van der Waals surface area (Å²) in [6, 6.07) is 6.73. The molecule has 0 atom stereocenters. The monoisotopic (exact) mass is 325 g/mol. The normalized spacial score (nSPS) is 18.9. The highest BCUT2D eigenvalue weighted by Gasteiger charge is 2.20. The standard InChI is InChI=1S/C21H27NO2/c1-22(18-9-4-2-3-5-10-18)14-17-13-21(23)24-20-12-16-8-6-7-15(16)11-19(17)20/h11-13,18H,2-10,14H2,1H3. The first-order valence-electron chi connectivity index (χ1n) is 9.49. The Balaban J connectivity index is 1.66. The number of hydrogen-bond acceptors (Lipinski definition) is 3. The molecular weight excluding hydrogens is 298 g/mol. The van der Waals surface area contributed by atoms with Crippen LogP contribution in [-0.4, -0.2) is 18.0 Å². The first-order chi connectivity index (χ1) is 11.7. The van der Waals surface area contributed by atoms with Crippen LogP contribution in [0.15, 0.2) is 27.4 Å². The van der Waals surface area contributed by atoms with Crippen LogP contribution in [0, 0.1) is 0 Å². The molecule has 4 rings (SSSR count). The van der Waals surface area contributed by atoms with Crippen LogP contribution in [-0.2, 0) is 19.4 Å². The van der Waals surface area contributed by atoms with E-state index in [9.17, 15) is 4.79 Å². The fraction of sp³-hybridized carbons (Fsp3) is 0.571. The molecule has 128 valence electrons. The summed E-state index contributed by atoms with van der Waals surface area (Å²) >= 11 is 0. The minimum atomic E-state index is -0.218. The maximum atomic E-state index is 12.0. The molecule has 0 saturated heterocycles. The zero-order chi connectivity index (χ0) is 16.5. The van der Waals surface area contributed by atoms with Crippen LogP contribution in [0.4, 0.5) is 0 Å². The van der Waals surface area contributed by atoms with E-state index >= 15 is 0 Å². The number of hydrogen-bond donors (Lipinski definition) is 0.